The van der Waals surface area contributed by atoms with Crippen LogP contribution in [0, 0.1) is 13.8 Å². The third-order valence-corrected chi connectivity index (χ3v) is 6.76. The summed E-state index contributed by atoms with van der Waals surface area (Å²) in [6.45, 7) is 3.81. The number of nitrogens with zero attached hydrogens (tertiary/aromatic N) is 1. The Bertz CT molecular complexity index is 1230. The van der Waals surface area contributed by atoms with Crippen molar-refractivity contribution < 1.29 is 19.4 Å². The maximum atomic E-state index is 13.2. The highest BCUT2D eigenvalue weighted by Gasteiger charge is 2.48. The van der Waals surface area contributed by atoms with Gasteiger partial charge in [-0.1, -0.05) is 29.8 Å². The second-order valence-corrected chi connectivity index (χ2v) is 8.63. The number of hydrogen-bond donors (Lipinski definition) is 1. The van der Waals surface area contributed by atoms with Crippen molar-refractivity contribution in [2.45, 2.75) is 19.9 Å². The molecule has 1 unspecified atom stereocenters. The average molecular weight is 454 g/mol. The summed E-state index contributed by atoms with van der Waals surface area (Å²) in [6, 6.07) is 13.3. The van der Waals surface area contributed by atoms with Crippen LogP contribution in [0.3, 0.4) is 0 Å². The predicted molar refractivity (Wildman–Crippen MR) is 123 cm³/mol. The van der Waals surface area contributed by atoms with Gasteiger partial charge in [-0.05, 0) is 60.7 Å². The summed E-state index contributed by atoms with van der Waals surface area (Å²) >= 11 is 7.68. The fourth-order valence-electron chi connectivity index (χ4n) is 3.80. The summed E-state index contributed by atoms with van der Waals surface area (Å²) in [5, 5.41) is 13.4. The molecule has 1 amide bonds. The third-order valence-electron chi connectivity index (χ3n) is 5.39. The number of para-hydroxylation sites is 1. The van der Waals surface area contributed by atoms with E-state index in [2.05, 4.69) is 0 Å². The third kappa shape index (κ3) is 3.52. The number of halogens is 1. The molecule has 0 spiro atoms. The van der Waals surface area contributed by atoms with E-state index in [1.165, 1.54) is 29.4 Å². The summed E-state index contributed by atoms with van der Waals surface area (Å²) in [7, 11) is 1.49. The molecule has 1 saturated heterocycles. The topological polar surface area (TPSA) is 66.8 Å². The molecule has 3 aromatic rings. The molecule has 31 heavy (non-hydrogen) atoms. The molecule has 1 aliphatic heterocycles. The molecule has 7 heteroatoms. The summed E-state index contributed by atoms with van der Waals surface area (Å²) in [6.07, 6.45) is 0. The van der Waals surface area contributed by atoms with Crippen molar-refractivity contribution in [1.29, 1.82) is 0 Å². The predicted octanol–water partition coefficient (Wildman–Crippen LogP) is 5.65. The van der Waals surface area contributed by atoms with E-state index in [1.807, 2.05) is 43.5 Å². The lowest BCUT2D eigenvalue weighted by molar-refractivity contribution is -0.132. The SMILES string of the molecule is COc1ccc(/C(O)=C2/C(=O)C(=O)N(c3ccccc3C)C2c2sccc2C)cc1Cl. The number of benzene rings is 2. The van der Waals surface area contributed by atoms with E-state index in [0.717, 1.165) is 16.0 Å². The van der Waals surface area contributed by atoms with E-state index in [1.54, 1.807) is 18.2 Å². The minimum absolute atomic E-state index is 0.0417. The molecular formula is C24H20ClNO4S. The lowest BCUT2D eigenvalue weighted by atomic mass is 9.98. The van der Waals surface area contributed by atoms with Gasteiger partial charge in [0.1, 0.15) is 17.6 Å². The van der Waals surface area contributed by atoms with Crippen LogP contribution in [-0.2, 0) is 9.59 Å². The highest BCUT2D eigenvalue weighted by atomic mass is 35.5. The first kappa shape index (κ1) is 21.2. The molecule has 0 aliphatic carbocycles. The Morgan fingerprint density at radius 2 is 1.84 bits per heavy atom. The van der Waals surface area contributed by atoms with Crippen LogP contribution < -0.4 is 9.64 Å². The van der Waals surface area contributed by atoms with Crippen LogP contribution in [0.4, 0.5) is 5.69 Å². The highest BCUT2D eigenvalue weighted by molar-refractivity contribution is 7.10. The molecule has 0 radical (unpaired) electrons. The number of thiophene rings is 1. The largest absolute Gasteiger partial charge is 0.507 e. The quantitative estimate of drug-likeness (QED) is 0.315. The molecule has 2 heterocycles. The van der Waals surface area contributed by atoms with Crippen LogP contribution >= 0.6 is 22.9 Å². The summed E-state index contributed by atoms with van der Waals surface area (Å²) < 4.78 is 5.17. The zero-order valence-electron chi connectivity index (χ0n) is 17.2. The van der Waals surface area contributed by atoms with Crippen molar-refractivity contribution in [2.24, 2.45) is 0 Å². The van der Waals surface area contributed by atoms with Gasteiger partial charge in [0.15, 0.2) is 0 Å². The van der Waals surface area contributed by atoms with Gasteiger partial charge in [0.05, 0.1) is 17.7 Å². The number of ether oxygens (including phenoxy) is 1. The fourth-order valence-corrected chi connectivity index (χ4v) is 5.08. The molecule has 1 fully saturated rings. The molecule has 1 aromatic heterocycles. The molecule has 158 valence electrons. The highest BCUT2D eigenvalue weighted by Crippen LogP contribution is 2.45. The van der Waals surface area contributed by atoms with Gasteiger partial charge in [-0.15, -0.1) is 11.3 Å². The first-order valence-corrected chi connectivity index (χ1v) is 10.9. The van der Waals surface area contributed by atoms with E-state index in [0.29, 0.717) is 22.0 Å². The number of aliphatic hydroxyl groups is 1. The Hall–Kier alpha value is -3.09. The minimum atomic E-state index is -0.734. The monoisotopic (exact) mass is 453 g/mol. The number of carbonyl (C=O) groups excluding carboxylic acids is 2. The van der Waals surface area contributed by atoms with E-state index in [4.69, 9.17) is 16.3 Å². The maximum Gasteiger partial charge on any atom is 0.300 e. The van der Waals surface area contributed by atoms with Crippen molar-refractivity contribution >= 4 is 46.1 Å². The molecule has 0 bridgehead atoms. The molecule has 0 saturated carbocycles. The van der Waals surface area contributed by atoms with Gasteiger partial charge in [-0.2, -0.15) is 0 Å². The molecule has 1 aliphatic rings. The van der Waals surface area contributed by atoms with Gasteiger partial charge >= 0.3 is 0 Å². The van der Waals surface area contributed by atoms with Gasteiger partial charge in [0.25, 0.3) is 11.7 Å². The molecule has 2 aromatic carbocycles. The Morgan fingerprint density at radius 1 is 1.10 bits per heavy atom. The lowest BCUT2D eigenvalue weighted by Gasteiger charge is -2.26. The van der Waals surface area contributed by atoms with Crippen LogP contribution in [-0.4, -0.2) is 23.9 Å². The Labute approximate surface area is 189 Å². The van der Waals surface area contributed by atoms with E-state index >= 15 is 0 Å². The van der Waals surface area contributed by atoms with Crippen LogP contribution in [0.2, 0.25) is 5.02 Å². The van der Waals surface area contributed by atoms with E-state index < -0.39 is 17.7 Å². The van der Waals surface area contributed by atoms with Gasteiger partial charge in [0.2, 0.25) is 0 Å². The van der Waals surface area contributed by atoms with Crippen LogP contribution in [0.1, 0.15) is 27.6 Å². The Morgan fingerprint density at radius 3 is 2.45 bits per heavy atom. The standard InChI is InChI=1S/C24H20ClNO4S/c1-13-6-4-5-7-17(13)26-20(23-14(2)10-11-31-23)19(22(28)24(26)29)21(27)15-8-9-18(30-3)16(25)12-15/h4-12,20,27H,1-3H3/b21-19-. The average Bonchev–Trinajstić information content (AvgIpc) is 3.28. The van der Waals surface area contributed by atoms with Crippen molar-refractivity contribution in [3.05, 3.63) is 86.1 Å². The number of hydrogen-bond acceptors (Lipinski definition) is 5. The first-order chi connectivity index (χ1) is 14.8. The van der Waals surface area contributed by atoms with E-state index in [9.17, 15) is 14.7 Å². The number of Topliss-reactive ketones (excluding diaryl/α,β-unsaturated/α-hetero) is 1. The fraction of sp³-hybridized carbons (Fsp3) is 0.167. The lowest BCUT2D eigenvalue weighted by Crippen LogP contribution is -2.30. The summed E-state index contributed by atoms with van der Waals surface area (Å²) in [5.74, 6) is -1.22. The molecule has 1 atom stereocenters. The van der Waals surface area contributed by atoms with Gasteiger partial charge in [-0.3, -0.25) is 14.5 Å². The molecule has 4 rings (SSSR count). The van der Waals surface area contributed by atoms with Crippen molar-refractivity contribution in [3.8, 4) is 5.75 Å². The second-order valence-electron chi connectivity index (χ2n) is 7.27. The first-order valence-electron chi connectivity index (χ1n) is 9.59. The smallest absolute Gasteiger partial charge is 0.300 e. The van der Waals surface area contributed by atoms with Crippen molar-refractivity contribution in [3.63, 3.8) is 0 Å². The number of ketones is 1. The zero-order valence-corrected chi connectivity index (χ0v) is 18.8. The molecule has 5 nitrogen and oxygen atoms in total. The number of methoxy groups -OCH3 is 1. The number of carbonyl (C=O) groups is 2. The Balaban J connectivity index is 1.96. The number of amides is 1. The number of aryl methyl sites for hydroxylation is 2. The number of rotatable bonds is 4. The van der Waals surface area contributed by atoms with Gasteiger partial charge < -0.3 is 9.84 Å². The van der Waals surface area contributed by atoms with Crippen molar-refractivity contribution in [2.75, 3.05) is 12.0 Å². The second kappa shape index (κ2) is 8.21. The maximum absolute atomic E-state index is 13.2. The zero-order chi connectivity index (χ0) is 22.3. The van der Waals surface area contributed by atoms with Crippen LogP contribution in [0.5, 0.6) is 5.75 Å². The van der Waals surface area contributed by atoms with Gasteiger partial charge in [-0.25, -0.2) is 0 Å². The van der Waals surface area contributed by atoms with Crippen molar-refractivity contribution in [1.82, 2.24) is 0 Å². The van der Waals surface area contributed by atoms with E-state index in [-0.39, 0.29) is 11.3 Å². The van der Waals surface area contributed by atoms with Crippen LogP contribution in [0.25, 0.3) is 5.76 Å². The number of anilines is 1. The summed E-state index contributed by atoms with van der Waals surface area (Å²) in [4.78, 5) is 28.7. The normalized spacial score (nSPS) is 17.9. The molecule has 1 N–H and O–H groups in total. The van der Waals surface area contributed by atoms with Gasteiger partial charge in [0, 0.05) is 16.1 Å². The van der Waals surface area contributed by atoms with Crippen LogP contribution in [0.15, 0.2) is 59.5 Å². The minimum Gasteiger partial charge on any atom is -0.507 e. The molecular weight excluding hydrogens is 434 g/mol. The Kier molecular flexibility index (Phi) is 5.60. The number of aliphatic hydroxyl groups excluding tert-OH is 1. The summed E-state index contributed by atoms with van der Waals surface area (Å²) in [5.41, 5.74) is 2.81.